The summed E-state index contributed by atoms with van der Waals surface area (Å²) in [6.45, 7) is 2.70. The average molecular weight is 285 g/mol. The molecule has 2 fully saturated rings. The maximum absolute atomic E-state index is 11.6. The van der Waals surface area contributed by atoms with E-state index in [0.717, 1.165) is 36.4 Å². The second-order valence-electron chi connectivity index (χ2n) is 7.22. The highest BCUT2D eigenvalue weighted by Gasteiger charge is 2.41. The Labute approximate surface area is 126 Å². The molecule has 1 aromatic rings. The van der Waals surface area contributed by atoms with Crippen LogP contribution in [0.4, 0.5) is 0 Å². The molecule has 3 heteroatoms. The summed E-state index contributed by atoms with van der Waals surface area (Å²) in [5, 5.41) is 9.54. The molecular weight excluding hydrogens is 262 g/mol. The summed E-state index contributed by atoms with van der Waals surface area (Å²) in [4.78, 5) is 14.0. The zero-order chi connectivity index (χ0) is 14.4. The number of aliphatic carboxylic acids is 1. The zero-order valence-electron chi connectivity index (χ0n) is 12.4. The van der Waals surface area contributed by atoms with Gasteiger partial charge in [-0.2, -0.15) is 0 Å². The van der Waals surface area contributed by atoms with Crippen molar-refractivity contribution in [3.05, 3.63) is 35.4 Å². The Kier molecular flexibility index (Phi) is 3.26. The maximum Gasteiger partial charge on any atom is 0.312 e. The smallest absolute Gasteiger partial charge is 0.312 e. The molecule has 0 aromatic heterocycles. The summed E-state index contributed by atoms with van der Waals surface area (Å²) in [5.74, 6) is 1.65. The Bertz CT molecular complexity index is 556. The van der Waals surface area contributed by atoms with Gasteiger partial charge in [-0.1, -0.05) is 30.7 Å². The molecule has 3 aliphatic rings. The molecule has 1 aromatic carbocycles. The van der Waals surface area contributed by atoms with Crippen LogP contribution in [0.5, 0.6) is 0 Å². The fraction of sp³-hybridized carbons (Fsp3) is 0.611. The molecule has 21 heavy (non-hydrogen) atoms. The number of carboxylic acids is 1. The molecule has 1 aliphatic heterocycles. The van der Waals surface area contributed by atoms with E-state index in [1.807, 2.05) is 18.2 Å². The van der Waals surface area contributed by atoms with E-state index in [2.05, 4.69) is 11.0 Å². The van der Waals surface area contributed by atoms with Crippen LogP contribution >= 0.6 is 0 Å². The first kappa shape index (κ1) is 13.3. The molecule has 0 saturated heterocycles. The predicted molar refractivity (Wildman–Crippen MR) is 81.0 cm³/mol. The minimum Gasteiger partial charge on any atom is -0.481 e. The van der Waals surface area contributed by atoms with E-state index in [0.29, 0.717) is 6.54 Å². The van der Waals surface area contributed by atoms with Gasteiger partial charge >= 0.3 is 5.97 Å². The van der Waals surface area contributed by atoms with Crippen LogP contribution in [0, 0.1) is 17.8 Å². The largest absolute Gasteiger partial charge is 0.481 e. The van der Waals surface area contributed by atoms with Crippen molar-refractivity contribution in [2.45, 2.75) is 38.1 Å². The van der Waals surface area contributed by atoms with Gasteiger partial charge in [-0.05, 0) is 48.1 Å². The minimum absolute atomic E-state index is 0.353. The highest BCUT2D eigenvalue weighted by Crippen LogP contribution is 2.48. The molecular formula is C18H23NO2. The van der Waals surface area contributed by atoms with Crippen molar-refractivity contribution in [3.63, 3.8) is 0 Å². The SMILES string of the molecule is O=C(O)C1CN(CC2CC3CCC2C3)Cc2ccccc21. The first-order valence-corrected chi connectivity index (χ1v) is 8.23. The number of nitrogens with zero attached hydrogens (tertiary/aromatic N) is 1. The van der Waals surface area contributed by atoms with E-state index in [9.17, 15) is 9.90 Å². The number of fused-ring (bicyclic) bond motifs is 3. The van der Waals surface area contributed by atoms with Gasteiger partial charge in [-0.15, -0.1) is 0 Å². The van der Waals surface area contributed by atoms with Gasteiger partial charge in [0, 0.05) is 19.6 Å². The number of hydrogen-bond donors (Lipinski definition) is 1. The van der Waals surface area contributed by atoms with Crippen LogP contribution in [0.15, 0.2) is 24.3 Å². The Morgan fingerprint density at radius 1 is 1.24 bits per heavy atom. The molecule has 112 valence electrons. The number of carbonyl (C=O) groups is 1. The Morgan fingerprint density at radius 3 is 2.81 bits per heavy atom. The van der Waals surface area contributed by atoms with E-state index in [1.54, 1.807) is 0 Å². The topological polar surface area (TPSA) is 40.5 Å². The van der Waals surface area contributed by atoms with Crippen molar-refractivity contribution >= 4 is 5.97 Å². The lowest BCUT2D eigenvalue weighted by Gasteiger charge is -2.36. The number of carboxylic acid groups (broad SMARTS) is 1. The number of rotatable bonds is 3. The Hall–Kier alpha value is -1.35. The van der Waals surface area contributed by atoms with Gasteiger partial charge in [0.1, 0.15) is 0 Å². The summed E-state index contributed by atoms with van der Waals surface area (Å²) in [6, 6.07) is 8.07. The lowest BCUT2D eigenvalue weighted by Crippen LogP contribution is -2.40. The number of benzene rings is 1. The summed E-state index contributed by atoms with van der Waals surface area (Å²) in [6.07, 6.45) is 5.64. The molecule has 0 amide bonds. The van der Waals surface area contributed by atoms with Crippen molar-refractivity contribution in [2.75, 3.05) is 13.1 Å². The highest BCUT2D eigenvalue weighted by molar-refractivity contribution is 5.77. The van der Waals surface area contributed by atoms with E-state index < -0.39 is 5.97 Å². The standard InChI is InChI=1S/C18H23NO2/c20-18(21)17-11-19(9-14-3-1-2-4-16(14)17)10-15-8-12-5-6-13(15)7-12/h1-4,12-13,15,17H,5-11H2,(H,20,21). The van der Waals surface area contributed by atoms with Crippen molar-refractivity contribution in [2.24, 2.45) is 17.8 Å². The normalized spacial score (nSPS) is 34.9. The Balaban J connectivity index is 1.52. The van der Waals surface area contributed by atoms with Gasteiger partial charge in [0.2, 0.25) is 0 Å². The molecule has 1 heterocycles. The quantitative estimate of drug-likeness (QED) is 0.927. The second-order valence-corrected chi connectivity index (χ2v) is 7.22. The minimum atomic E-state index is -0.680. The highest BCUT2D eigenvalue weighted by atomic mass is 16.4. The average Bonchev–Trinajstić information content (AvgIpc) is 3.09. The number of hydrogen-bond acceptors (Lipinski definition) is 2. The lowest BCUT2D eigenvalue weighted by molar-refractivity contribution is -0.139. The van der Waals surface area contributed by atoms with Gasteiger partial charge in [0.05, 0.1) is 5.92 Å². The molecule has 3 nitrogen and oxygen atoms in total. The van der Waals surface area contributed by atoms with E-state index in [-0.39, 0.29) is 5.92 Å². The third-order valence-electron chi connectivity index (χ3n) is 5.94. The first-order chi connectivity index (χ1) is 10.2. The molecule has 4 unspecified atom stereocenters. The maximum atomic E-state index is 11.6. The molecule has 1 N–H and O–H groups in total. The van der Waals surface area contributed by atoms with Crippen molar-refractivity contribution in [1.82, 2.24) is 4.90 Å². The van der Waals surface area contributed by atoms with Gasteiger partial charge in [-0.3, -0.25) is 9.69 Å². The van der Waals surface area contributed by atoms with Crippen molar-refractivity contribution in [3.8, 4) is 0 Å². The first-order valence-electron chi connectivity index (χ1n) is 8.23. The van der Waals surface area contributed by atoms with E-state index >= 15 is 0 Å². The van der Waals surface area contributed by atoms with Gasteiger partial charge < -0.3 is 5.11 Å². The molecule has 0 spiro atoms. The van der Waals surface area contributed by atoms with Crippen LogP contribution in [0.25, 0.3) is 0 Å². The lowest BCUT2D eigenvalue weighted by atomic mass is 9.86. The molecule has 0 radical (unpaired) electrons. The predicted octanol–water partition coefficient (Wildman–Crippen LogP) is 3.11. The van der Waals surface area contributed by atoms with Crippen molar-refractivity contribution in [1.29, 1.82) is 0 Å². The third kappa shape index (κ3) is 2.38. The summed E-state index contributed by atoms with van der Waals surface area (Å²) in [7, 11) is 0. The summed E-state index contributed by atoms with van der Waals surface area (Å²) < 4.78 is 0. The molecule has 2 bridgehead atoms. The molecule has 2 aliphatic carbocycles. The van der Waals surface area contributed by atoms with Gasteiger partial charge in [0.25, 0.3) is 0 Å². The van der Waals surface area contributed by atoms with Crippen LogP contribution in [-0.4, -0.2) is 29.1 Å². The van der Waals surface area contributed by atoms with Crippen LogP contribution in [0.1, 0.15) is 42.7 Å². The Morgan fingerprint density at radius 2 is 2.10 bits per heavy atom. The fourth-order valence-electron chi connectivity index (χ4n) is 4.96. The van der Waals surface area contributed by atoms with E-state index in [1.165, 1.54) is 31.2 Å². The molecule has 4 atom stereocenters. The summed E-state index contributed by atoms with van der Waals surface area (Å²) >= 11 is 0. The molecule has 4 rings (SSSR count). The zero-order valence-corrected chi connectivity index (χ0v) is 12.4. The van der Waals surface area contributed by atoms with Crippen LogP contribution < -0.4 is 0 Å². The fourth-order valence-corrected chi connectivity index (χ4v) is 4.96. The van der Waals surface area contributed by atoms with Crippen LogP contribution in [0.2, 0.25) is 0 Å². The monoisotopic (exact) mass is 285 g/mol. The van der Waals surface area contributed by atoms with E-state index in [4.69, 9.17) is 0 Å². The third-order valence-corrected chi connectivity index (χ3v) is 5.94. The summed E-state index contributed by atoms with van der Waals surface area (Å²) in [5.41, 5.74) is 2.23. The van der Waals surface area contributed by atoms with Crippen LogP contribution in [-0.2, 0) is 11.3 Å². The van der Waals surface area contributed by atoms with Gasteiger partial charge in [-0.25, -0.2) is 0 Å². The van der Waals surface area contributed by atoms with Crippen LogP contribution in [0.3, 0.4) is 0 Å². The van der Waals surface area contributed by atoms with Crippen molar-refractivity contribution < 1.29 is 9.90 Å². The second kappa shape index (κ2) is 5.13. The van der Waals surface area contributed by atoms with Gasteiger partial charge in [0.15, 0.2) is 0 Å². The molecule has 2 saturated carbocycles.